The Balaban J connectivity index is 0.000000534. The molecular weight excluding hydrogens is 436 g/mol. The lowest BCUT2D eigenvalue weighted by Gasteiger charge is -2.38. The Kier molecular flexibility index (Phi) is 8.58. The Bertz CT molecular complexity index is 953. The molecule has 1 saturated heterocycles. The van der Waals surface area contributed by atoms with E-state index in [1.807, 2.05) is 47.9 Å². The normalized spacial score (nSPS) is 18.2. The molecule has 11 nitrogen and oxygen atoms in total. The van der Waals surface area contributed by atoms with E-state index in [0.717, 1.165) is 11.3 Å². The van der Waals surface area contributed by atoms with Gasteiger partial charge in [-0.15, -0.1) is 0 Å². The molecule has 32 heavy (non-hydrogen) atoms. The van der Waals surface area contributed by atoms with Crippen LogP contribution in [-0.2, 0) is 26.1 Å². The summed E-state index contributed by atoms with van der Waals surface area (Å²) in [6.07, 6.45) is 1.20. The molecule has 0 aromatic heterocycles. The predicted octanol–water partition coefficient (Wildman–Crippen LogP) is 0.558. The summed E-state index contributed by atoms with van der Waals surface area (Å²) >= 11 is 0. The van der Waals surface area contributed by atoms with Gasteiger partial charge in [0.1, 0.15) is 5.66 Å². The van der Waals surface area contributed by atoms with E-state index in [4.69, 9.17) is 20.8 Å². The van der Waals surface area contributed by atoms with Gasteiger partial charge < -0.3 is 21.1 Å². The molecule has 5 N–H and O–H groups in total. The fraction of sp³-hybridized carbons (Fsp3) is 0.550. The number of aryl methyl sites for hydroxylation is 1. The largest absolute Gasteiger partial charge is 0.378 e. The first-order chi connectivity index (χ1) is 14.9. The number of ether oxygens (including phenoxy) is 1. The minimum atomic E-state index is -3.66. The number of nitrogens with zero attached hydrogens (tertiary/aromatic N) is 4. The molecule has 2 aliphatic rings. The van der Waals surface area contributed by atoms with Crippen LogP contribution in [0.4, 0.5) is 5.69 Å². The third-order valence-electron chi connectivity index (χ3n) is 4.94. The zero-order valence-corrected chi connectivity index (χ0v) is 19.5. The lowest BCUT2D eigenvalue weighted by molar-refractivity contribution is -0.135. The summed E-state index contributed by atoms with van der Waals surface area (Å²) in [5.41, 5.74) is 13.1. The maximum absolute atomic E-state index is 12.2. The molecule has 1 aromatic carbocycles. The van der Waals surface area contributed by atoms with Crippen LogP contribution >= 0.6 is 0 Å². The summed E-state index contributed by atoms with van der Waals surface area (Å²) in [6, 6.07) is 7.95. The first-order valence-corrected chi connectivity index (χ1v) is 11.9. The standard InChI is InChI=1S/C18H26N6O2.C2H6O3S/c1-18(2)22-16(19)21-17(20)24(18)14-6-3-13(4-7-14)5-8-15(25)23-9-11-26-12-10-23;1-2-6(3,4)5/h3-4,6-7H,5,8-12H2,1-2H3,(H4,19,20,21,22);2H2,1H3,(H,3,4,5). The average molecular weight is 469 g/mol. The fourth-order valence-corrected chi connectivity index (χ4v) is 3.29. The second-order valence-corrected chi connectivity index (χ2v) is 9.54. The summed E-state index contributed by atoms with van der Waals surface area (Å²) in [6.45, 7) is 7.85. The number of carbonyl (C=O) groups excluding carboxylic acids is 1. The summed E-state index contributed by atoms with van der Waals surface area (Å²) in [5, 5.41) is 0. The summed E-state index contributed by atoms with van der Waals surface area (Å²) in [4.78, 5) is 24.4. The van der Waals surface area contributed by atoms with E-state index in [1.54, 1.807) is 0 Å². The average Bonchev–Trinajstić information content (AvgIpc) is 2.72. The quantitative estimate of drug-likeness (QED) is 0.528. The number of benzene rings is 1. The lowest BCUT2D eigenvalue weighted by Crippen LogP contribution is -2.54. The zero-order valence-electron chi connectivity index (χ0n) is 18.7. The number of morpholine rings is 1. The number of carbonyl (C=O) groups is 1. The molecule has 0 radical (unpaired) electrons. The topological polar surface area (TPSA) is 164 Å². The van der Waals surface area contributed by atoms with Crippen molar-refractivity contribution in [2.24, 2.45) is 21.5 Å². The van der Waals surface area contributed by atoms with Crippen molar-refractivity contribution in [3.05, 3.63) is 29.8 Å². The van der Waals surface area contributed by atoms with Crippen LogP contribution in [0, 0.1) is 0 Å². The van der Waals surface area contributed by atoms with Gasteiger partial charge in [0.05, 0.1) is 19.0 Å². The van der Waals surface area contributed by atoms with Crippen LogP contribution in [-0.4, -0.2) is 73.4 Å². The zero-order chi connectivity index (χ0) is 23.9. The number of guanidine groups is 2. The number of amides is 1. The van der Waals surface area contributed by atoms with Crippen LogP contribution < -0.4 is 16.4 Å². The molecule has 178 valence electrons. The SMILES string of the molecule is CC1(C)N=C(N)N=C(N)N1c1ccc(CCC(=O)N2CCOCC2)cc1.CCS(=O)(=O)O. The number of anilines is 1. The van der Waals surface area contributed by atoms with Crippen molar-refractivity contribution in [3.8, 4) is 0 Å². The molecule has 0 saturated carbocycles. The van der Waals surface area contributed by atoms with Gasteiger partial charge in [-0.2, -0.15) is 13.4 Å². The maximum Gasteiger partial charge on any atom is 0.264 e. The van der Waals surface area contributed by atoms with Crippen molar-refractivity contribution in [1.29, 1.82) is 0 Å². The summed E-state index contributed by atoms with van der Waals surface area (Å²) in [7, 11) is -3.66. The highest BCUT2D eigenvalue weighted by Crippen LogP contribution is 2.27. The molecule has 2 aliphatic heterocycles. The van der Waals surface area contributed by atoms with E-state index in [9.17, 15) is 13.2 Å². The predicted molar refractivity (Wildman–Crippen MR) is 124 cm³/mol. The molecule has 12 heteroatoms. The minimum Gasteiger partial charge on any atom is -0.378 e. The van der Waals surface area contributed by atoms with Gasteiger partial charge in [-0.25, -0.2) is 4.99 Å². The molecule has 0 bridgehead atoms. The number of hydrogen-bond acceptors (Lipinski definition) is 9. The van der Waals surface area contributed by atoms with E-state index < -0.39 is 15.8 Å². The van der Waals surface area contributed by atoms with Crippen LogP contribution in [0.15, 0.2) is 34.3 Å². The third-order valence-corrected chi connectivity index (χ3v) is 5.67. The Morgan fingerprint density at radius 2 is 1.75 bits per heavy atom. The van der Waals surface area contributed by atoms with E-state index in [0.29, 0.717) is 45.1 Å². The van der Waals surface area contributed by atoms with Crippen LogP contribution in [0.5, 0.6) is 0 Å². The highest BCUT2D eigenvalue weighted by Gasteiger charge is 2.32. The van der Waals surface area contributed by atoms with Gasteiger partial charge in [0.25, 0.3) is 10.1 Å². The molecule has 1 amide bonds. The van der Waals surface area contributed by atoms with Gasteiger partial charge in [-0.3, -0.25) is 14.2 Å². The van der Waals surface area contributed by atoms with E-state index in [2.05, 4.69) is 9.98 Å². The van der Waals surface area contributed by atoms with E-state index in [-0.39, 0.29) is 17.6 Å². The van der Waals surface area contributed by atoms with Gasteiger partial charge in [-0.05, 0) is 44.9 Å². The van der Waals surface area contributed by atoms with Crippen molar-refractivity contribution < 1.29 is 22.5 Å². The van der Waals surface area contributed by atoms with Gasteiger partial charge in [-0.1, -0.05) is 12.1 Å². The first-order valence-electron chi connectivity index (χ1n) is 10.3. The van der Waals surface area contributed by atoms with Crippen LogP contribution in [0.25, 0.3) is 0 Å². The maximum atomic E-state index is 12.2. The molecule has 2 heterocycles. The molecule has 0 spiro atoms. The van der Waals surface area contributed by atoms with Crippen LogP contribution in [0.3, 0.4) is 0 Å². The Labute approximate surface area is 188 Å². The van der Waals surface area contributed by atoms with Crippen molar-refractivity contribution >= 4 is 33.6 Å². The van der Waals surface area contributed by atoms with Crippen LogP contribution in [0.1, 0.15) is 32.8 Å². The van der Waals surface area contributed by atoms with Crippen molar-refractivity contribution in [2.45, 2.75) is 39.3 Å². The molecule has 3 rings (SSSR count). The molecule has 0 unspecified atom stereocenters. The highest BCUT2D eigenvalue weighted by molar-refractivity contribution is 7.85. The number of nitrogens with two attached hydrogens (primary N) is 2. The van der Waals surface area contributed by atoms with Gasteiger partial charge in [0, 0.05) is 25.2 Å². The van der Waals surface area contributed by atoms with E-state index in [1.165, 1.54) is 6.92 Å². The Hall–Kier alpha value is -2.70. The molecule has 0 atom stereocenters. The van der Waals surface area contributed by atoms with Crippen molar-refractivity contribution in [1.82, 2.24) is 4.90 Å². The minimum absolute atomic E-state index is 0.177. The number of aliphatic imine (C=N–C) groups is 2. The molecular formula is C20H32N6O5S. The summed E-state index contributed by atoms with van der Waals surface area (Å²) < 4.78 is 32.2. The molecule has 0 aliphatic carbocycles. The smallest absolute Gasteiger partial charge is 0.264 e. The van der Waals surface area contributed by atoms with E-state index >= 15 is 0 Å². The first kappa shape index (κ1) is 25.6. The highest BCUT2D eigenvalue weighted by atomic mass is 32.2. The van der Waals surface area contributed by atoms with Crippen LogP contribution in [0.2, 0.25) is 0 Å². The molecule has 1 fully saturated rings. The fourth-order valence-electron chi connectivity index (χ4n) is 3.29. The molecule has 1 aromatic rings. The second kappa shape index (κ2) is 10.7. The Morgan fingerprint density at radius 1 is 1.19 bits per heavy atom. The van der Waals surface area contributed by atoms with Crippen molar-refractivity contribution in [3.63, 3.8) is 0 Å². The van der Waals surface area contributed by atoms with Gasteiger partial charge in [0.2, 0.25) is 17.8 Å². The monoisotopic (exact) mass is 468 g/mol. The van der Waals surface area contributed by atoms with Gasteiger partial charge >= 0.3 is 0 Å². The second-order valence-electron chi connectivity index (χ2n) is 7.80. The number of rotatable bonds is 5. The third kappa shape index (κ3) is 7.46. The number of hydrogen-bond donors (Lipinski definition) is 3. The summed E-state index contributed by atoms with van der Waals surface area (Å²) in [5.74, 6) is 0.475. The Morgan fingerprint density at radius 3 is 2.25 bits per heavy atom. The lowest BCUT2D eigenvalue weighted by atomic mass is 10.1. The van der Waals surface area contributed by atoms with Gasteiger partial charge in [0.15, 0.2) is 0 Å². The van der Waals surface area contributed by atoms with Crippen molar-refractivity contribution in [2.75, 3.05) is 37.0 Å².